The van der Waals surface area contributed by atoms with E-state index in [1.165, 1.54) is 11.9 Å². The Kier molecular flexibility index (Phi) is 6.01. The molecule has 2 aromatic carbocycles. The molecule has 2 aromatic heterocycles. The van der Waals surface area contributed by atoms with Gasteiger partial charge in [-0.3, -0.25) is 4.79 Å². The van der Waals surface area contributed by atoms with Crippen LogP contribution in [0.4, 0.5) is 5.69 Å². The number of anilines is 1. The molecule has 0 saturated carbocycles. The summed E-state index contributed by atoms with van der Waals surface area (Å²) in [5.41, 5.74) is 10.9. The van der Waals surface area contributed by atoms with Crippen molar-refractivity contribution in [3.05, 3.63) is 89.6 Å². The van der Waals surface area contributed by atoms with E-state index >= 15 is 0 Å². The van der Waals surface area contributed by atoms with E-state index in [1.54, 1.807) is 12.3 Å². The Balaban J connectivity index is 1.27. The van der Waals surface area contributed by atoms with E-state index in [0.717, 1.165) is 23.5 Å². The Labute approximate surface area is 197 Å². The molecular weight excluding hydrogens is 428 g/mol. The van der Waals surface area contributed by atoms with E-state index in [0.29, 0.717) is 36.7 Å². The first-order valence-corrected chi connectivity index (χ1v) is 11.2. The molecule has 1 unspecified atom stereocenters. The van der Waals surface area contributed by atoms with Crippen molar-refractivity contribution in [1.82, 2.24) is 29.6 Å². The first kappa shape index (κ1) is 21.7. The molecule has 0 bridgehead atoms. The van der Waals surface area contributed by atoms with Crippen molar-refractivity contribution >= 4 is 11.6 Å². The third kappa shape index (κ3) is 4.38. The summed E-state index contributed by atoms with van der Waals surface area (Å²) in [7, 11) is 1.90. The normalized spacial score (nSPS) is 15.5. The van der Waals surface area contributed by atoms with Crippen LogP contribution in [0.3, 0.4) is 0 Å². The van der Waals surface area contributed by atoms with Crippen LogP contribution >= 0.6 is 0 Å². The summed E-state index contributed by atoms with van der Waals surface area (Å²) in [6, 6.07) is 17.3. The molecule has 9 heteroatoms. The van der Waals surface area contributed by atoms with Gasteiger partial charge in [0, 0.05) is 43.6 Å². The van der Waals surface area contributed by atoms with Gasteiger partial charge in [-0.15, -0.1) is 10.2 Å². The summed E-state index contributed by atoms with van der Waals surface area (Å²) in [4.78, 5) is 23.3. The van der Waals surface area contributed by atoms with Gasteiger partial charge in [-0.1, -0.05) is 30.3 Å². The molecule has 9 nitrogen and oxygen atoms in total. The Morgan fingerprint density at radius 3 is 2.88 bits per heavy atom. The van der Waals surface area contributed by atoms with Crippen molar-refractivity contribution in [3.8, 4) is 11.5 Å². The molecule has 3 heterocycles. The number of benzene rings is 2. The van der Waals surface area contributed by atoms with Crippen LogP contribution in [-0.2, 0) is 20.0 Å². The molecule has 172 valence electrons. The summed E-state index contributed by atoms with van der Waals surface area (Å²) < 4.78 is 1.89. The van der Waals surface area contributed by atoms with Crippen LogP contribution in [0.5, 0.6) is 0 Å². The van der Waals surface area contributed by atoms with Crippen molar-refractivity contribution in [2.45, 2.75) is 19.0 Å². The Morgan fingerprint density at radius 1 is 1.15 bits per heavy atom. The zero-order valence-electron chi connectivity index (χ0n) is 18.9. The van der Waals surface area contributed by atoms with Crippen LogP contribution in [0.1, 0.15) is 33.4 Å². The van der Waals surface area contributed by atoms with Crippen LogP contribution in [0.15, 0.2) is 67.1 Å². The van der Waals surface area contributed by atoms with Crippen LogP contribution in [0, 0.1) is 0 Å². The monoisotopic (exact) mass is 454 g/mol. The van der Waals surface area contributed by atoms with Crippen molar-refractivity contribution in [1.29, 1.82) is 0 Å². The number of nitrogens with two attached hydrogens (primary N) is 1. The number of carbonyl (C=O) groups is 1. The zero-order valence-corrected chi connectivity index (χ0v) is 18.9. The number of nitrogens with zero attached hydrogens (tertiary/aromatic N) is 6. The lowest BCUT2D eigenvalue weighted by Gasteiger charge is -2.23. The van der Waals surface area contributed by atoms with Gasteiger partial charge in [0.1, 0.15) is 12.0 Å². The Hall–Kier alpha value is -4.11. The highest BCUT2D eigenvalue weighted by molar-refractivity contribution is 5.95. The summed E-state index contributed by atoms with van der Waals surface area (Å²) >= 11 is 0. The van der Waals surface area contributed by atoms with E-state index < -0.39 is 0 Å². The topological polar surface area (TPSA) is 115 Å². The first-order chi connectivity index (χ1) is 16.6. The number of rotatable bonds is 5. The number of hydrogen-bond acceptors (Lipinski definition) is 7. The molecule has 4 aromatic rings. The zero-order chi connectivity index (χ0) is 23.5. The SMILES string of the molecule is Cn1c(CNc2cccc(C(=O)N3CCc4ccccc4C(N)C3)c2)nnc1-c1ccncn1. The average Bonchev–Trinajstić information content (AvgIpc) is 3.16. The minimum absolute atomic E-state index is 0.0170. The van der Waals surface area contributed by atoms with Crippen molar-refractivity contribution in [2.75, 3.05) is 18.4 Å². The summed E-state index contributed by atoms with van der Waals surface area (Å²) in [5, 5.41) is 11.9. The third-order valence-corrected chi connectivity index (χ3v) is 6.15. The first-order valence-electron chi connectivity index (χ1n) is 11.2. The summed E-state index contributed by atoms with van der Waals surface area (Å²) in [6.45, 7) is 1.60. The van der Waals surface area contributed by atoms with Gasteiger partial charge in [0.15, 0.2) is 11.6 Å². The van der Waals surface area contributed by atoms with E-state index in [9.17, 15) is 4.79 Å². The fourth-order valence-electron chi connectivity index (χ4n) is 4.28. The number of nitrogens with one attached hydrogen (secondary N) is 1. The maximum atomic E-state index is 13.3. The second kappa shape index (κ2) is 9.40. The predicted octanol–water partition coefficient (Wildman–Crippen LogP) is 2.58. The quantitative estimate of drug-likeness (QED) is 0.476. The maximum Gasteiger partial charge on any atom is 0.254 e. The predicted molar refractivity (Wildman–Crippen MR) is 129 cm³/mol. The van der Waals surface area contributed by atoms with E-state index in [1.807, 2.05) is 52.9 Å². The average molecular weight is 455 g/mol. The molecular formula is C25H26N8O. The molecule has 1 atom stereocenters. The second-order valence-electron chi connectivity index (χ2n) is 8.33. The van der Waals surface area contributed by atoms with Gasteiger partial charge in [-0.2, -0.15) is 0 Å². The van der Waals surface area contributed by atoms with Crippen LogP contribution < -0.4 is 11.1 Å². The molecule has 1 amide bonds. The number of aromatic nitrogens is 5. The smallest absolute Gasteiger partial charge is 0.254 e. The number of amides is 1. The lowest BCUT2D eigenvalue weighted by atomic mass is 10.0. The minimum Gasteiger partial charge on any atom is -0.378 e. The molecule has 1 aliphatic heterocycles. The van der Waals surface area contributed by atoms with E-state index in [2.05, 4.69) is 37.6 Å². The van der Waals surface area contributed by atoms with Gasteiger partial charge in [0.2, 0.25) is 0 Å². The number of hydrogen-bond donors (Lipinski definition) is 2. The minimum atomic E-state index is -0.191. The highest BCUT2D eigenvalue weighted by Gasteiger charge is 2.24. The maximum absolute atomic E-state index is 13.3. The van der Waals surface area contributed by atoms with Crippen LogP contribution in [0.25, 0.3) is 11.5 Å². The van der Waals surface area contributed by atoms with Crippen LogP contribution in [-0.4, -0.2) is 48.6 Å². The lowest BCUT2D eigenvalue weighted by Crippen LogP contribution is -2.36. The van der Waals surface area contributed by atoms with Crippen LogP contribution in [0.2, 0.25) is 0 Å². The fourth-order valence-corrected chi connectivity index (χ4v) is 4.28. The molecule has 1 aliphatic rings. The largest absolute Gasteiger partial charge is 0.378 e. The Morgan fingerprint density at radius 2 is 2.03 bits per heavy atom. The molecule has 3 N–H and O–H groups in total. The highest BCUT2D eigenvalue weighted by atomic mass is 16.2. The van der Waals surface area contributed by atoms with E-state index in [4.69, 9.17) is 5.73 Å². The fraction of sp³-hybridized carbons (Fsp3) is 0.240. The second-order valence-corrected chi connectivity index (χ2v) is 8.33. The van der Waals surface area contributed by atoms with Crippen molar-refractivity contribution < 1.29 is 4.79 Å². The summed E-state index contributed by atoms with van der Waals surface area (Å²) in [6.07, 6.45) is 3.96. The molecule has 0 aliphatic carbocycles. The van der Waals surface area contributed by atoms with Gasteiger partial charge in [-0.25, -0.2) is 9.97 Å². The van der Waals surface area contributed by atoms with Gasteiger partial charge < -0.3 is 20.5 Å². The number of carbonyl (C=O) groups excluding carboxylic acids is 1. The van der Waals surface area contributed by atoms with Gasteiger partial charge in [0.05, 0.1) is 6.54 Å². The standard InChI is InChI=1S/C25H26N8O/c1-32-23(30-31-24(32)22-9-11-27-16-29-22)14-28-19-7-4-6-18(13-19)25(34)33-12-10-17-5-2-3-8-20(17)21(26)15-33/h2-9,11,13,16,21,28H,10,12,14-15,26H2,1H3. The molecule has 5 rings (SSSR count). The number of fused-ring (bicyclic) bond motifs is 1. The molecule has 0 radical (unpaired) electrons. The Bertz CT molecular complexity index is 1300. The molecule has 0 fully saturated rings. The van der Waals surface area contributed by atoms with E-state index in [-0.39, 0.29) is 11.9 Å². The van der Waals surface area contributed by atoms with Crippen molar-refractivity contribution in [3.63, 3.8) is 0 Å². The van der Waals surface area contributed by atoms with Gasteiger partial charge in [-0.05, 0) is 41.8 Å². The highest BCUT2D eigenvalue weighted by Crippen LogP contribution is 2.23. The lowest BCUT2D eigenvalue weighted by molar-refractivity contribution is 0.0752. The summed E-state index contributed by atoms with van der Waals surface area (Å²) in [5.74, 6) is 1.40. The molecule has 34 heavy (non-hydrogen) atoms. The molecule has 0 saturated heterocycles. The van der Waals surface area contributed by atoms with Gasteiger partial charge >= 0.3 is 0 Å². The van der Waals surface area contributed by atoms with Crippen molar-refractivity contribution in [2.24, 2.45) is 12.8 Å². The van der Waals surface area contributed by atoms with Gasteiger partial charge in [0.25, 0.3) is 5.91 Å². The third-order valence-electron chi connectivity index (χ3n) is 6.15. The molecule has 0 spiro atoms.